The zero-order valence-corrected chi connectivity index (χ0v) is 19.1. The van der Waals surface area contributed by atoms with Crippen molar-refractivity contribution in [2.75, 3.05) is 26.2 Å². The highest BCUT2D eigenvalue weighted by Gasteiger charge is 2.41. The fourth-order valence-electron chi connectivity index (χ4n) is 4.55. The third-order valence-corrected chi connectivity index (χ3v) is 6.38. The first-order chi connectivity index (χ1) is 16.9. The van der Waals surface area contributed by atoms with E-state index in [9.17, 15) is 32.3 Å². The Kier molecular flexibility index (Phi) is 5.39. The molecule has 2 aromatic heterocycles. The molecule has 0 saturated carbocycles. The molecule has 188 valence electrons. The van der Waals surface area contributed by atoms with E-state index in [4.69, 9.17) is 0 Å². The number of pyridine rings is 1. The van der Waals surface area contributed by atoms with Crippen LogP contribution in [0.2, 0.25) is 0 Å². The second-order valence-electron chi connectivity index (χ2n) is 9.35. The van der Waals surface area contributed by atoms with Crippen molar-refractivity contribution in [1.29, 1.82) is 0 Å². The molecule has 2 aliphatic heterocycles. The third-order valence-electron chi connectivity index (χ3n) is 6.38. The average Bonchev–Trinajstić information content (AvgIpc) is 3.14. The number of rotatable bonds is 4. The van der Waals surface area contributed by atoms with E-state index in [-0.39, 0.29) is 43.3 Å². The minimum atomic E-state index is -4.50. The first-order valence-corrected chi connectivity index (χ1v) is 11.1. The monoisotopic (exact) mass is 503 g/mol. The van der Waals surface area contributed by atoms with Gasteiger partial charge in [-0.3, -0.25) is 19.3 Å². The van der Waals surface area contributed by atoms with Crippen LogP contribution in [0.15, 0.2) is 48.9 Å². The van der Waals surface area contributed by atoms with Gasteiger partial charge >= 0.3 is 6.18 Å². The fraction of sp³-hybridized carbons (Fsp3) is 0.333. The number of hydrogen-bond donors (Lipinski definition) is 1. The molecule has 4 heterocycles. The van der Waals surface area contributed by atoms with E-state index in [2.05, 4.69) is 16.7 Å². The highest BCUT2D eigenvalue weighted by molar-refractivity contribution is 6.07. The Morgan fingerprint density at radius 2 is 1.75 bits per heavy atom. The summed E-state index contributed by atoms with van der Waals surface area (Å²) in [6, 6.07) is 5.52. The molecular weight excluding hydrogens is 482 g/mol. The SMILES string of the molecule is C=C(F)C(=O)N1CC(n2nc(-c3ccc(C(F)(F)F)cc3)c3nccc(C(=O)N4CC(C)(O)C4)c32)C1. The van der Waals surface area contributed by atoms with Gasteiger partial charge in [0.1, 0.15) is 16.7 Å². The first-order valence-electron chi connectivity index (χ1n) is 11.1. The molecule has 12 heteroatoms. The molecule has 1 aromatic carbocycles. The van der Waals surface area contributed by atoms with E-state index in [0.717, 1.165) is 12.1 Å². The van der Waals surface area contributed by atoms with Gasteiger partial charge in [-0.25, -0.2) is 4.39 Å². The molecule has 2 saturated heterocycles. The van der Waals surface area contributed by atoms with E-state index in [1.165, 1.54) is 38.9 Å². The van der Waals surface area contributed by atoms with Gasteiger partial charge in [0.25, 0.3) is 11.8 Å². The number of aromatic nitrogens is 3. The summed E-state index contributed by atoms with van der Waals surface area (Å²) in [6.07, 6.45) is -3.09. The van der Waals surface area contributed by atoms with E-state index in [0.29, 0.717) is 16.6 Å². The summed E-state index contributed by atoms with van der Waals surface area (Å²) >= 11 is 0. The predicted octanol–water partition coefficient (Wildman–Crippen LogP) is 3.19. The second-order valence-corrected chi connectivity index (χ2v) is 9.35. The summed E-state index contributed by atoms with van der Waals surface area (Å²) < 4.78 is 54.0. The zero-order chi connectivity index (χ0) is 26.0. The van der Waals surface area contributed by atoms with E-state index in [1.54, 1.807) is 6.92 Å². The molecule has 0 spiro atoms. The molecule has 36 heavy (non-hydrogen) atoms. The third kappa shape index (κ3) is 4.00. The number of aliphatic hydroxyl groups is 1. The molecule has 0 bridgehead atoms. The zero-order valence-electron chi connectivity index (χ0n) is 19.1. The van der Waals surface area contributed by atoms with Gasteiger partial charge in [0.05, 0.1) is 35.9 Å². The van der Waals surface area contributed by atoms with Crippen LogP contribution in [0.1, 0.15) is 28.9 Å². The average molecular weight is 503 g/mol. The normalized spacial score (nSPS) is 17.6. The number of halogens is 4. The highest BCUT2D eigenvalue weighted by atomic mass is 19.4. The molecule has 5 rings (SSSR count). The lowest BCUT2D eigenvalue weighted by Gasteiger charge is -2.44. The van der Waals surface area contributed by atoms with Crippen LogP contribution in [0.5, 0.6) is 0 Å². The molecule has 0 atom stereocenters. The Labute approximate surface area is 202 Å². The first kappa shape index (κ1) is 23.9. The Bertz CT molecular complexity index is 1380. The Balaban J connectivity index is 1.58. The molecule has 3 aromatic rings. The van der Waals surface area contributed by atoms with Crippen LogP contribution in [0, 0.1) is 0 Å². The maximum Gasteiger partial charge on any atom is 0.416 e. The topological polar surface area (TPSA) is 91.6 Å². The smallest absolute Gasteiger partial charge is 0.386 e. The van der Waals surface area contributed by atoms with Crippen LogP contribution >= 0.6 is 0 Å². The quantitative estimate of drug-likeness (QED) is 0.436. The van der Waals surface area contributed by atoms with Crippen molar-refractivity contribution in [1.82, 2.24) is 24.6 Å². The van der Waals surface area contributed by atoms with E-state index >= 15 is 0 Å². The van der Waals surface area contributed by atoms with Gasteiger partial charge in [-0.05, 0) is 25.1 Å². The predicted molar refractivity (Wildman–Crippen MR) is 120 cm³/mol. The summed E-state index contributed by atoms with van der Waals surface area (Å²) in [5.74, 6) is -2.30. The van der Waals surface area contributed by atoms with Crippen LogP contribution in [0.3, 0.4) is 0 Å². The Morgan fingerprint density at radius 1 is 1.11 bits per heavy atom. The number of carbonyl (C=O) groups is 2. The maximum absolute atomic E-state index is 13.3. The van der Waals surface area contributed by atoms with Crippen LogP contribution in [-0.4, -0.2) is 73.3 Å². The van der Waals surface area contributed by atoms with Gasteiger partial charge in [-0.15, -0.1) is 0 Å². The van der Waals surface area contributed by atoms with Crippen molar-refractivity contribution in [3.05, 3.63) is 60.1 Å². The van der Waals surface area contributed by atoms with E-state index in [1.807, 2.05) is 0 Å². The lowest BCUT2D eigenvalue weighted by molar-refractivity contribution is -0.137. The number of likely N-dealkylation sites (tertiary alicyclic amines) is 2. The van der Waals surface area contributed by atoms with Crippen molar-refractivity contribution in [3.63, 3.8) is 0 Å². The van der Waals surface area contributed by atoms with Gasteiger partial charge in [-0.1, -0.05) is 18.7 Å². The van der Waals surface area contributed by atoms with Gasteiger partial charge in [0.2, 0.25) is 0 Å². The summed E-state index contributed by atoms with van der Waals surface area (Å²) in [7, 11) is 0. The Morgan fingerprint density at radius 3 is 2.31 bits per heavy atom. The lowest BCUT2D eigenvalue weighted by Crippen LogP contribution is -2.61. The van der Waals surface area contributed by atoms with Crippen LogP contribution < -0.4 is 0 Å². The number of nitrogens with zero attached hydrogens (tertiary/aromatic N) is 5. The lowest BCUT2D eigenvalue weighted by atomic mass is 9.95. The summed E-state index contributed by atoms with van der Waals surface area (Å²) in [4.78, 5) is 32.2. The number of hydrogen-bond acceptors (Lipinski definition) is 5. The molecule has 0 radical (unpaired) electrons. The summed E-state index contributed by atoms with van der Waals surface area (Å²) in [6.45, 7) is 5.12. The highest BCUT2D eigenvalue weighted by Crippen LogP contribution is 2.36. The van der Waals surface area contributed by atoms with Gasteiger partial charge in [0.15, 0.2) is 5.83 Å². The molecule has 1 N–H and O–H groups in total. The Hall–Kier alpha value is -3.80. The molecule has 0 unspecified atom stereocenters. The maximum atomic E-state index is 13.3. The number of benzene rings is 1. The number of carbonyl (C=O) groups excluding carboxylic acids is 2. The van der Waals surface area contributed by atoms with Gasteiger partial charge < -0.3 is 14.9 Å². The summed E-state index contributed by atoms with van der Waals surface area (Å²) in [5, 5.41) is 14.6. The van der Waals surface area contributed by atoms with Crippen molar-refractivity contribution >= 4 is 22.8 Å². The van der Waals surface area contributed by atoms with Gasteiger partial charge in [-0.2, -0.15) is 18.3 Å². The fourth-order valence-corrected chi connectivity index (χ4v) is 4.55. The number of alkyl halides is 3. The molecule has 2 amide bonds. The molecule has 2 aliphatic rings. The molecular formula is C24H21F4N5O3. The molecule has 2 fully saturated rings. The molecule has 0 aliphatic carbocycles. The van der Waals surface area contributed by atoms with Crippen LogP contribution in [0.4, 0.5) is 17.6 Å². The number of fused-ring (bicyclic) bond motifs is 1. The van der Waals surface area contributed by atoms with Crippen molar-refractivity contribution in [2.45, 2.75) is 24.7 Å². The summed E-state index contributed by atoms with van der Waals surface area (Å²) in [5.41, 5.74) is -0.280. The standard InChI is InChI=1S/C24H21F4N5O3/c1-13(25)21(34)31-9-16(10-31)33-20-17(22(35)32-11-23(2,36)12-32)7-8-29-19(20)18(30-33)14-3-5-15(6-4-14)24(26,27)28/h3-8,16,36H,1,9-12H2,2H3. The minimum Gasteiger partial charge on any atom is -0.386 e. The van der Waals surface area contributed by atoms with Crippen molar-refractivity contribution in [3.8, 4) is 11.3 Å². The molecule has 8 nitrogen and oxygen atoms in total. The van der Waals surface area contributed by atoms with E-state index < -0.39 is 35.1 Å². The van der Waals surface area contributed by atoms with Crippen molar-refractivity contribution in [2.24, 2.45) is 0 Å². The van der Waals surface area contributed by atoms with Gasteiger partial charge in [0, 0.05) is 24.8 Å². The number of amides is 2. The van der Waals surface area contributed by atoms with Crippen molar-refractivity contribution < 1.29 is 32.3 Å². The largest absolute Gasteiger partial charge is 0.416 e. The number of β-amino-alcohol motifs (C(OH)–C–C–N with tert-alkyl or cyclic N) is 1. The second kappa shape index (κ2) is 8.12. The minimum absolute atomic E-state index is 0.103. The van der Waals surface area contributed by atoms with Crippen LogP contribution in [0.25, 0.3) is 22.3 Å². The van der Waals surface area contributed by atoms with Crippen LogP contribution in [-0.2, 0) is 11.0 Å².